The summed E-state index contributed by atoms with van der Waals surface area (Å²) in [5, 5.41) is 21.3. The Balaban J connectivity index is 2.53. The summed E-state index contributed by atoms with van der Waals surface area (Å²) in [6.07, 6.45) is 5.01. The van der Waals surface area contributed by atoms with E-state index in [4.69, 9.17) is 9.94 Å². The Morgan fingerprint density at radius 2 is 2.00 bits per heavy atom. The molecule has 0 aromatic heterocycles. The summed E-state index contributed by atoms with van der Waals surface area (Å²) in [7, 11) is 1.49. The summed E-state index contributed by atoms with van der Waals surface area (Å²) < 4.78 is 5.13. The van der Waals surface area contributed by atoms with Gasteiger partial charge in [0, 0.05) is 0 Å². The van der Waals surface area contributed by atoms with Crippen LogP contribution in [0.15, 0.2) is 65.0 Å². The highest BCUT2D eigenvalue weighted by atomic mass is 16.5. The van der Waals surface area contributed by atoms with E-state index in [9.17, 15) is 5.26 Å². The minimum Gasteiger partial charge on any atom is -0.494 e. The first-order chi connectivity index (χ1) is 9.30. The topological polar surface area (TPSA) is 65.6 Å². The zero-order valence-electron chi connectivity index (χ0n) is 10.4. The van der Waals surface area contributed by atoms with Gasteiger partial charge in [-0.15, -0.1) is 0 Å². The number of nitriles is 1. The molecule has 0 radical (unpaired) electrons. The van der Waals surface area contributed by atoms with Gasteiger partial charge in [0.1, 0.15) is 17.5 Å². The van der Waals surface area contributed by atoms with Crippen LogP contribution < -0.4 is 0 Å². The summed E-state index contributed by atoms with van der Waals surface area (Å²) >= 11 is 0. The molecule has 1 aromatic rings. The van der Waals surface area contributed by atoms with E-state index in [1.165, 1.54) is 7.11 Å². The fraction of sp³-hybridized carbons (Fsp3) is 0.0667. The molecule has 19 heavy (non-hydrogen) atoms. The third-order valence-corrected chi connectivity index (χ3v) is 2.75. The average Bonchev–Trinajstić information content (AvgIpc) is 2.49. The van der Waals surface area contributed by atoms with Crippen molar-refractivity contribution in [1.29, 1.82) is 5.26 Å². The molecule has 0 heterocycles. The standard InChI is InChI=1S/C15H12N2O2/c1-19-15-9-12(7-8-14(15)17-18)13(10-16)11-5-3-2-4-6-11/h2-9,18H,1H3/b13-12-,17-14+. The van der Waals surface area contributed by atoms with Crippen molar-refractivity contribution < 1.29 is 9.94 Å². The number of oxime groups is 1. The highest BCUT2D eigenvalue weighted by Gasteiger charge is 2.14. The average molecular weight is 252 g/mol. The lowest BCUT2D eigenvalue weighted by molar-refractivity contribution is 0.295. The highest BCUT2D eigenvalue weighted by Crippen LogP contribution is 2.24. The van der Waals surface area contributed by atoms with Crippen molar-refractivity contribution in [2.45, 2.75) is 0 Å². The van der Waals surface area contributed by atoms with Gasteiger partial charge in [0.2, 0.25) is 0 Å². The van der Waals surface area contributed by atoms with E-state index in [1.807, 2.05) is 30.3 Å². The predicted molar refractivity (Wildman–Crippen MR) is 72.4 cm³/mol. The van der Waals surface area contributed by atoms with Crippen LogP contribution in [0.3, 0.4) is 0 Å². The number of allylic oxidation sites excluding steroid dienone is 5. The molecule has 0 saturated heterocycles. The summed E-state index contributed by atoms with van der Waals surface area (Å²) in [5.41, 5.74) is 2.43. The van der Waals surface area contributed by atoms with Gasteiger partial charge in [-0.05, 0) is 23.3 Å². The van der Waals surface area contributed by atoms with Gasteiger partial charge in [-0.1, -0.05) is 41.6 Å². The van der Waals surface area contributed by atoms with Gasteiger partial charge < -0.3 is 9.94 Å². The molecule has 4 nitrogen and oxygen atoms in total. The van der Waals surface area contributed by atoms with Crippen LogP contribution in [0.5, 0.6) is 0 Å². The molecule has 1 aromatic carbocycles. The van der Waals surface area contributed by atoms with E-state index in [0.29, 0.717) is 17.0 Å². The molecule has 0 bridgehead atoms. The van der Waals surface area contributed by atoms with Gasteiger partial charge in [0.25, 0.3) is 0 Å². The molecule has 1 aliphatic carbocycles. The van der Waals surface area contributed by atoms with Crippen LogP contribution in [0.1, 0.15) is 5.56 Å². The van der Waals surface area contributed by atoms with Gasteiger partial charge in [-0.3, -0.25) is 0 Å². The molecule has 0 amide bonds. The van der Waals surface area contributed by atoms with Crippen molar-refractivity contribution in [3.8, 4) is 6.07 Å². The third kappa shape index (κ3) is 2.55. The number of ether oxygens (including phenoxy) is 1. The minimum atomic E-state index is 0.330. The van der Waals surface area contributed by atoms with Gasteiger partial charge in [0.15, 0.2) is 0 Å². The molecule has 0 aliphatic heterocycles. The lowest BCUT2D eigenvalue weighted by Crippen LogP contribution is -2.06. The molecule has 4 heteroatoms. The zero-order chi connectivity index (χ0) is 13.7. The molecule has 1 N–H and O–H groups in total. The number of nitrogens with zero attached hydrogens (tertiary/aromatic N) is 2. The molecule has 0 atom stereocenters. The van der Waals surface area contributed by atoms with Crippen LogP contribution in [0.2, 0.25) is 0 Å². The Morgan fingerprint density at radius 1 is 1.26 bits per heavy atom. The van der Waals surface area contributed by atoms with Crippen LogP contribution >= 0.6 is 0 Å². The predicted octanol–water partition coefficient (Wildman–Crippen LogP) is 2.89. The van der Waals surface area contributed by atoms with Gasteiger partial charge in [-0.25, -0.2) is 0 Å². The van der Waals surface area contributed by atoms with Gasteiger partial charge in [0.05, 0.1) is 12.7 Å². The smallest absolute Gasteiger partial charge is 0.148 e. The van der Waals surface area contributed by atoms with Crippen molar-refractivity contribution in [3.05, 3.63) is 65.5 Å². The first-order valence-corrected chi connectivity index (χ1v) is 5.66. The maximum atomic E-state index is 9.32. The maximum absolute atomic E-state index is 9.32. The molecule has 0 saturated carbocycles. The second-order valence-corrected chi connectivity index (χ2v) is 3.84. The van der Waals surface area contributed by atoms with Crippen molar-refractivity contribution >= 4 is 11.3 Å². The number of methoxy groups -OCH3 is 1. The lowest BCUT2D eigenvalue weighted by atomic mass is 9.97. The van der Waals surface area contributed by atoms with E-state index in [-0.39, 0.29) is 0 Å². The number of hydrogen-bond donors (Lipinski definition) is 1. The van der Waals surface area contributed by atoms with Crippen molar-refractivity contribution in [2.75, 3.05) is 7.11 Å². The largest absolute Gasteiger partial charge is 0.494 e. The normalized spacial score (nSPS) is 18.7. The Hall–Kier alpha value is -2.80. The molecule has 94 valence electrons. The maximum Gasteiger partial charge on any atom is 0.148 e. The minimum absolute atomic E-state index is 0.330. The number of benzene rings is 1. The summed E-state index contributed by atoms with van der Waals surface area (Å²) in [6, 6.07) is 11.6. The molecule has 2 rings (SSSR count). The van der Waals surface area contributed by atoms with E-state index in [2.05, 4.69) is 11.2 Å². The number of hydrogen-bond acceptors (Lipinski definition) is 4. The van der Waals surface area contributed by atoms with Crippen molar-refractivity contribution in [1.82, 2.24) is 0 Å². The van der Waals surface area contributed by atoms with Crippen molar-refractivity contribution in [2.24, 2.45) is 5.16 Å². The van der Waals surface area contributed by atoms with Gasteiger partial charge in [-0.2, -0.15) is 5.26 Å². The van der Waals surface area contributed by atoms with Crippen LogP contribution in [-0.2, 0) is 4.74 Å². The van der Waals surface area contributed by atoms with Crippen LogP contribution in [-0.4, -0.2) is 18.0 Å². The second-order valence-electron chi connectivity index (χ2n) is 3.84. The fourth-order valence-corrected chi connectivity index (χ4v) is 1.82. The molecule has 0 spiro atoms. The van der Waals surface area contributed by atoms with E-state index < -0.39 is 0 Å². The van der Waals surface area contributed by atoms with E-state index >= 15 is 0 Å². The molecule has 1 aliphatic rings. The SMILES string of the molecule is COC1=CC(=C(/C#N)c2ccccc2)/C=CC/1=N\O. The molecule has 0 fully saturated rings. The molecule has 0 unspecified atom stereocenters. The molecular formula is C15H12N2O2. The Bertz CT molecular complexity index is 632. The number of rotatable bonds is 2. The monoisotopic (exact) mass is 252 g/mol. The van der Waals surface area contributed by atoms with Crippen LogP contribution in [0, 0.1) is 11.3 Å². The quantitative estimate of drug-likeness (QED) is 0.500. The van der Waals surface area contributed by atoms with Crippen LogP contribution in [0.4, 0.5) is 0 Å². The molecular weight excluding hydrogens is 240 g/mol. The van der Waals surface area contributed by atoms with E-state index in [1.54, 1.807) is 18.2 Å². The van der Waals surface area contributed by atoms with Crippen molar-refractivity contribution in [3.63, 3.8) is 0 Å². The second kappa shape index (κ2) is 5.69. The Labute approximate surface area is 111 Å². The van der Waals surface area contributed by atoms with E-state index in [0.717, 1.165) is 11.1 Å². The summed E-state index contributed by atoms with van der Waals surface area (Å²) in [4.78, 5) is 0. The highest BCUT2D eigenvalue weighted by molar-refractivity contribution is 6.09. The lowest BCUT2D eigenvalue weighted by Gasteiger charge is -2.11. The zero-order valence-corrected chi connectivity index (χ0v) is 10.4. The fourth-order valence-electron chi connectivity index (χ4n) is 1.82. The summed E-state index contributed by atoms with van der Waals surface area (Å²) in [5.74, 6) is 0.420. The third-order valence-electron chi connectivity index (χ3n) is 2.75. The first kappa shape index (κ1) is 12.7. The Morgan fingerprint density at radius 3 is 2.58 bits per heavy atom. The first-order valence-electron chi connectivity index (χ1n) is 5.66. The Kier molecular flexibility index (Phi) is 3.79. The summed E-state index contributed by atoms with van der Waals surface area (Å²) in [6.45, 7) is 0. The van der Waals surface area contributed by atoms with Crippen LogP contribution in [0.25, 0.3) is 5.57 Å². The van der Waals surface area contributed by atoms with Gasteiger partial charge >= 0.3 is 0 Å².